The molecule has 1 rings (SSSR count). The van der Waals surface area contributed by atoms with Crippen LogP contribution in [0.15, 0.2) is 0 Å². The van der Waals surface area contributed by atoms with Gasteiger partial charge in [0, 0.05) is 24.6 Å². The molecule has 1 fully saturated rings. The average molecular weight is 183 g/mol. The van der Waals surface area contributed by atoms with Gasteiger partial charge in [-0.1, -0.05) is 0 Å². The standard InChI is InChI=1S/C6H11F2NOS/c1-5(9-11(2)10)3-6(7,8)4-5/h9H,3-4H2,1-2H3. The predicted octanol–water partition coefficient (Wildman–Crippen LogP) is 1.06. The molecule has 2 nitrogen and oxygen atoms in total. The summed E-state index contributed by atoms with van der Waals surface area (Å²) < 4.78 is 37.9. The van der Waals surface area contributed by atoms with Crippen LogP contribution in [0.1, 0.15) is 19.8 Å². The Bertz CT molecular complexity index is 187. The Hall–Kier alpha value is -0.0300. The van der Waals surface area contributed by atoms with Crippen LogP contribution in [0, 0.1) is 0 Å². The Balaban J connectivity index is 2.43. The van der Waals surface area contributed by atoms with Crippen molar-refractivity contribution < 1.29 is 13.0 Å². The van der Waals surface area contributed by atoms with Gasteiger partial charge in [-0.05, 0) is 6.92 Å². The van der Waals surface area contributed by atoms with Crippen molar-refractivity contribution in [2.24, 2.45) is 0 Å². The maximum Gasteiger partial charge on any atom is 0.251 e. The van der Waals surface area contributed by atoms with Gasteiger partial charge in [0.1, 0.15) is 0 Å². The minimum atomic E-state index is -2.55. The molecule has 0 spiro atoms. The zero-order valence-corrected chi connectivity index (χ0v) is 7.30. The van der Waals surface area contributed by atoms with Crippen molar-refractivity contribution in [3.05, 3.63) is 0 Å². The van der Waals surface area contributed by atoms with Gasteiger partial charge in [-0.25, -0.2) is 17.7 Å². The Morgan fingerprint density at radius 1 is 1.45 bits per heavy atom. The second-order valence-electron chi connectivity index (χ2n) is 3.33. The molecule has 1 N–H and O–H groups in total. The third-order valence-electron chi connectivity index (χ3n) is 1.69. The maximum atomic E-state index is 12.3. The number of rotatable bonds is 2. The van der Waals surface area contributed by atoms with Gasteiger partial charge in [-0.15, -0.1) is 0 Å². The third kappa shape index (κ3) is 2.20. The van der Waals surface area contributed by atoms with Crippen LogP contribution in [-0.4, -0.2) is 21.9 Å². The highest BCUT2D eigenvalue weighted by Crippen LogP contribution is 2.45. The van der Waals surface area contributed by atoms with Crippen molar-refractivity contribution in [1.82, 2.24) is 4.72 Å². The zero-order chi connectivity index (χ0) is 8.70. The third-order valence-corrected chi connectivity index (χ3v) is 2.47. The highest BCUT2D eigenvalue weighted by Gasteiger charge is 2.54. The van der Waals surface area contributed by atoms with Crippen LogP contribution >= 0.6 is 0 Å². The number of halogens is 2. The molecule has 66 valence electrons. The smallest absolute Gasteiger partial charge is 0.243 e. The summed E-state index contributed by atoms with van der Waals surface area (Å²) in [6.45, 7) is 1.66. The molecular formula is C6H11F2NOS. The molecule has 1 aliphatic carbocycles. The van der Waals surface area contributed by atoms with E-state index in [0.717, 1.165) is 0 Å². The molecule has 0 bridgehead atoms. The van der Waals surface area contributed by atoms with Crippen molar-refractivity contribution in [2.45, 2.75) is 31.2 Å². The summed E-state index contributed by atoms with van der Waals surface area (Å²) in [5.74, 6) is -2.55. The first kappa shape index (κ1) is 9.06. The van der Waals surface area contributed by atoms with Crippen LogP contribution in [0.5, 0.6) is 0 Å². The first-order chi connectivity index (χ1) is 4.83. The molecule has 0 aliphatic heterocycles. The largest absolute Gasteiger partial charge is 0.251 e. The van der Waals surface area contributed by atoms with Gasteiger partial charge >= 0.3 is 0 Å². The van der Waals surface area contributed by atoms with Crippen molar-refractivity contribution in [3.8, 4) is 0 Å². The summed E-state index contributed by atoms with van der Waals surface area (Å²) in [5.41, 5.74) is -0.622. The summed E-state index contributed by atoms with van der Waals surface area (Å²) in [7, 11) is -1.20. The lowest BCUT2D eigenvalue weighted by atomic mass is 9.76. The average Bonchev–Trinajstić information content (AvgIpc) is 1.52. The Kier molecular flexibility index (Phi) is 2.05. The molecule has 0 heterocycles. The molecule has 0 aromatic rings. The van der Waals surface area contributed by atoms with E-state index >= 15 is 0 Å². The monoisotopic (exact) mass is 183 g/mol. The molecule has 1 atom stereocenters. The first-order valence-electron chi connectivity index (χ1n) is 3.32. The van der Waals surface area contributed by atoms with Crippen molar-refractivity contribution >= 4 is 11.0 Å². The minimum Gasteiger partial charge on any atom is -0.243 e. The van der Waals surface area contributed by atoms with E-state index in [1.807, 2.05) is 0 Å². The van der Waals surface area contributed by atoms with Gasteiger partial charge in [0.15, 0.2) is 0 Å². The maximum absolute atomic E-state index is 12.3. The second-order valence-corrected chi connectivity index (χ2v) is 4.44. The summed E-state index contributed by atoms with van der Waals surface area (Å²) >= 11 is 0. The second kappa shape index (κ2) is 2.48. The molecule has 1 aliphatic rings. The van der Waals surface area contributed by atoms with Crippen molar-refractivity contribution in [1.29, 1.82) is 0 Å². The van der Waals surface area contributed by atoms with Gasteiger partial charge < -0.3 is 0 Å². The molecule has 1 unspecified atom stereocenters. The van der Waals surface area contributed by atoms with Crippen LogP contribution in [0.3, 0.4) is 0 Å². The minimum absolute atomic E-state index is 0.209. The van der Waals surface area contributed by atoms with Crippen LogP contribution in [0.4, 0.5) is 8.78 Å². The Morgan fingerprint density at radius 2 is 1.91 bits per heavy atom. The Morgan fingerprint density at radius 3 is 2.18 bits per heavy atom. The van der Waals surface area contributed by atoms with Crippen molar-refractivity contribution in [3.63, 3.8) is 0 Å². The molecule has 0 radical (unpaired) electrons. The lowest BCUT2D eigenvalue weighted by molar-refractivity contribution is -0.120. The van der Waals surface area contributed by atoms with E-state index < -0.39 is 22.4 Å². The van der Waals surface area contributed by atoms with Crippen LogP contribution in [-0.2, 0) is 11.0 Å². The van der Waals surface area contributed by atoms with Gasteiger partial charge in [-0.2, -0.15) is 0 Å². The van der Waals surface area contributed by atoms with Gasteiger partial charge in [0.05, 0.1) is 11.0 Å². The molecule has 0 aromatic heterocycles. The van der Waals surface area contributed by atoms with E-state index in [1.165, 1.54) is 6.26 Å². The van der Waals surface area contributed by atoms with Gasteiger partial charge in [-0.3, -0.25) is 0 Å². The Labute approximate surface area is 66.9 Å². The molecule has 5 heteroatoms. The fourth-order valence-electron chi connectivity index (χ4n) is 1.51. The molecule has 1 saturated carbocycles. The van der Waals surface area contributed by atoms with E-state index in [9.17, 15) is 13.0 Å². The van der Waals surface area contributed by atoms with Crippen LogP contribution in [0.2, 0.25) is 0 Å². The number of alkyl halides is 2. The highest BCUT2D eigenvalue weighted by molar-refractivity contribution is 7.82. The first-order valence-corrected chi connectivity index (χ1v) is 4.88. The fourth-order valence-corrected chi connectivity index (χ4v) is 2.35. The van der Waals surface area contributed by atoms with E-state index in [4.69, 9.17) is 0 Å². The number of hydrogen-bond acceptors (Lipinski definition) is 1. The van der Waals surface area contributed by atoms with E-state index in [2.05, 4.69) is 4.72 Å². The van der Waals surface area contributed by atoms with Crippen LogP contribution < -0.4 is 4.72 Å². The SMILES string of the molecule is CS(=O)NC1(C)CC(F)(F)C1. The lowest BCUT2D eigenvalue weighted by Gasteiger charge is -2.44. The summed E-state index contributed by atoms with van der Waals surface area (Å²) in [6, 6.07) is 0. The van der Waals surface area contributed by atoms with E-state index in [0.29, 0.717) is 0 Å². The summed E-state index contributed by atoms with van der Waals surface area (Å²) in [4.78, 5) is 0. The highest BCUT2D eigenvalue weighted by atomic mass is 32.2. The van der Waals surface area contributed by atoms with Crippen molar-refractivity contribution in [2.75, 3.05) is 6.26 Å². The topological polar surface area (TPSA) is 29.1 Å². The molecule has 11 heavy (non-hydrogen) atoms. The fraction of sp³-hybridized carbons (Fsp3) is 1.00. The molecule has 0 amide bonds. The van der Waals surface area contributed by atoms with E-state index in [-0.39, 0.29) is 12.8 Å². The zero-order valence-electron chi connectivity index (χ0n) is 6.49. The predicted molar refractivity (Wildman–Crippen MR) is 39.8 cm³/mol. The molecule has 0 aromatic carbocycles. The normalized spacial score (nSPS) is 29.1. The number of nitrogens with one attached hydrogen (secondary N) is 1. The lowest BCUT2D eigenvalue weighted by Crippen LogP contribution is -2.58. The molecule has 0 saturated heterocycles. The quantitative estimate of drug-likeness (QED) is 0.681. The van der Waals surface area contributed by atoms with Gasteiger partial charge in [0.2, 0.25) is 0 Å². The number of hydrogen-bond donors (Lipinski definition) is 1. The van der Waals surface area contributed by atoms with Crippen LogP contribution in [0.25, 0.3) is 0 Å². The molecular weight excluding hydrogens is 172 g/mol. The summed E-state index contributed by atoms with van der Waals surface area (Å²) in [5, 5.41) is 0. The van der Waals surface area contributed by atoms with E-state index in [1.54, 1.807) is 6.92 Å². The summed E-state index contributed by atoms with van der Waals surface area (Å²) in [6.07, 6.45) is 1.03. The van der Waals surface area contributed by atoms with Gasteiger partial charge in [0.25, 0.3) is 5.92 Å².